The van der Waals surface area contributed by atoms with Gasteiger partial charge in [-0.2, -0.15) is 5.26 Å². The minimum atomic E-state index is -1.08. The van der Waals surface area contributed by atoms with Crippen LogP contribution in [0.15, 0.2) is 36.4 Å². The fourth-order valence-electron chi connectivity index (χ4n) is 4.76. The van der Waals surface area contributed by atoms with Crippen molar-refractivity contribution in [2.75, 3.05) is 0 Å². The van der Waals surface area contributed by atoms with Crippen LogP contribution >= 0.6 is 0 Å². The molecule has 0 aromatic heterocycles. The van der Waals surface area contributed by atoms with Crippen molar-refractivity contribution in [2.45, 2.75) is 49.5 Å². The smallest absolute Gasteiger partial charge is 0.310 e. The molecule has 2 aromatic carbocycles. The van der Waals surface area contributed by atoms with Crippen molar-refractivity contribution in [3.05, 3.63) is 52.1 Å². The normalized spacial score (nSPS) is 30.5. The highest BCUT2D eigenvalue weighted by Crippen LogP contribution is 2.54. The van der Waals surface area contributed by atoms with Crippen molar-refractivity contribution < 1.29 is 34.1 Å². The van der Waals surface area contributed by atoms with Crippen LogP contribution < -0.4 is 9.47 Å². The van der Waals surface area contributed by atoms with Crippen LogP contribution in [0, 0.1) is 21.4 Å². The highest BCUT2D eigenvalue weighted by atomic mass is 16.8. The Bertz CT molecular complexity index is 1100. The summed E-state index contributed by atoms with van der Waals surface area (Å²) in [5.41, 5.74) is -0.933. The van der Waals surface area contributed by atoms with Gasteiger partial charge in [-0.05, 0) is 18.2 Å². The topological polar surface area (TPSA) is 144 Å². The zero-order valence-corrected chi connectivity index (χ0v) is 16.2. The number of rotatable bonds is 5. The van der Waals surface area contributed by atoms with Crippen LogP contribution in [0.1, 0.15) is 31.2 Å². The second-order valence-electron chi connectivity index (χ2n) is 8.09. The molecule has 160 valence electrons. The number of benzene rings is 2. The maximum Gasteiger partial charge on any atom is 0.310 e. The monoisotopic (exact) mass is 426 g/mol. The van der Waals surface area contributed by atoms with Crippen molar-refractivity contribution in [1.29, 1.82) is 5.26 Å². The van der Waals surface area contributed by atoms with E-state index in [0.29, 0.717) is 31.4 Å². The Balaban J connectivity index is 1.41. The van der Waals surface area contributed by atoms with Gasteiger partial charge in [0.1, 0.15) is 28.9 Å². The number of nitro benzene ring substituents is 1. The van der Waals surface area contributed by atoms with Crippen molar-refractivity contribution >= 4 is 5.69 Å². The number of nitro groups is 1. The molecule has 4 fully saturated rings. The molecule has 0 amide bonds. The van der Waals surface area contributed by atoms with Crippen molar-refractivity contribution in [3.8, 4) is 29.1 Å². The number of phenols is 2. The molecule has 4 bridgehead atoms. The molecule has 0 radical (unpaired) electrons. The van der Waals surface area contributed by atoms with Crippen LogP contribution in [-0.2, 0) is 9.47 Å². The molecule has 0 unspecified atom stereocenters. The summed E-state index contributed by atoms with van der Waals surface area (Å²) in [6.07, 6.45) is 1.12. The SMILES string of the molecule is N#Cc1ccc(O[C@@]23C[C@H]4C[C@@](Oc5ccc([N+](=O)[O-])c(O)c5)(C2)O[C@@H](C3)O4)cc1O. The summed E-state index contributed by atoms with van der Waals surface area (Å²) >= 11 is 0. The van der Waals surface area contributed by atoms with Gasteiger partial charge in [-0.1, -0.05) is 0 Å². The summed E-state index contributed by atoms with van der Waals surface area (Å²) in [4.78, 5) is 10.3. The second-order valence-corrected chi connectivity index (χ2v) is 8.09. The van der Waals surface area contributed by atoms with Gasteiger partial charge >= 0.3 is 5.69 Å². The van der Waals surface area contributed by atoms with Crippen LogP contribution in [0.3, 0.4) is 0 Å². The third-order valence-electron chi connectivity index (χ3n) is 5.83. The molecule has 4 atom stereocenters. The predicted octanol–water partition coefficient (Wildman–Crippen LogP) is 3.10. The molecule has 2 N–H and O–H groups in total. The first-order valence-electron chi connectivity index (χ1n) is 9.71. The second kappa shape index (κ2) is 6.73. The van der Waals surface area contributed by atoms with Gasteiger partial charge in [0.05, 0.1) is 23.0 Å². The summed E-state index contributed by atoms with van der Waals surface area (Å²) < 4.78 is 24.3. The number of nitrogens with zero attached hydrogens (tertiary/aromatic N) is 2. The fraction of sp³-hybridized carbons (Fsp3) is 0.381. The largest absolute Gasteiger partial charge is 0.506 e. The first-order chi connectivity index (χ1) is 14.8. The molecule has 3 aliphatic heterocycles. The molecule has 1 saturated carbocycles. The van der Waals surface area contributed by atoms with Crippen LogP contribution in [0.4, 0.5) is 5.69 Å². The highest BCUT2D eigenvalue weighted by molar-refractivity contribution is 5.50. The number of hydrogen-bond acceptors (Lipinski definition) is 9. The summed E-state index contributed by atoms with van der Waals surface area (Å²) in [6, 6.07) is 10.2. The van der Waals surface area contributed by atoms with Gasteiger partial charge in [0.15, 0.2) is 12.0 Å². The fourth-order valence-corrected chi connectivity index (χ4v) is 4.76. The van der Waals surface area contributed by atoms with Gasteiger partial charge < -0.3 is 29.2 Å². The van der Waals surface area contributed by atoms with Crippen molar-refractivity contribution in [3.63, 3.8) is 0 Å². The predicted molar refractivity (Wildman–Crippen MR) is 103 cm³/mol. The van der Waals surface area contributed by atoms with E-state index in [1.807, 2.05) is 6.07 Å². The number of phenolic OH excluding ortho intramolecular Hbond substituents is 2. The Kier molecular flexibility index (Phi) is 4.22. The van der Waals surface area contributed by atoms with Gasteiger partial charge in [0.25, 0.3) is 0 Å². The number of aromatic hydroxyl groups is 2. The zero-order chi connectivity index (χ0) is 21.8. The Morgan fingerprint density at radius 2 is 1.84 bits per heavy atom. The zero-order valence-electron chi connectivity index (χ0n) is 16.2. The van der Waals surface area contributed by atoms with E-state index in [1.54, 1.807) is 6.07 Å². The number of nitriles is 1. The van der Waals surface area contributed by atoms with E-state index < -0.39 is 34.0 Å². The lowest BCUT2D eigenvalue weighted by atomic mass is 9.72. The third kappa shape index (κ3) is 3.37. The molecule has 2 aromatic rings. The van der Waals surface area contributed by atoms with Gasteiger partial charge in [-0.15, -0.1) is 0 Å². The Hall–Kier alpha value is -3.55. The molecule has 3 heterocycles. The molecule has 3 saturated heterocycles. The summed E-state index contributed by atoms with van der Waals surface area (Å²) in [6.45, 7) is 0. The first kappa shape index (κ1) is 19.4. The Morgan fingerprint density at radius 1 is 1.10 bits per heavy atom. The van der Waals surface area contributed by atoms with Gasteiger partial charge in [0, 0.05) is 37.5 Å². The lowest BCUT2D eigenvalue weighted by Gasteiger charge is -2.59. The van der Waals surface area contributed by atoms with Crippen LogP contribution in [-0.4, -0.2) is 38.9 Å². The highest BCUT2D eigenvalue weighted by Gasteiger charge is 2.63. The van der Waals surface area contributed by atoms with E-state index in [4.69, 9.17) is 24.2 Å². The van der Waals surface area contributed by atoms with Gasteiger partial charge in [0.2, 0.25) is 5.79 Å². The molecule has 6 rings (SSSR count). The number of ether oxygens (including phenoxy) is 4. The molecule has 0 spiro atoms. The lowest BCUT2D eigenvalue weighted by molar-refractivity contribution is -0.411. The van der Waals surface area contributed by atoms with E-state index in [-0.39, 0.29) is 23.2 Å². The van der Waals surface area contributed by atoms with Crippen LogP contribution in [0.2, 0.25) is 0 Å². The standard InChI is InChI=1S/C21H18N2O8/c22-10-12-1-2-13(5-17(12)24)29-20-7-15-8-21(11-20,31-19(9-20)28-15)30-14-3-4-16(23(26)27)18(25)6-14/h1-6,15,19,24-25H,7-9,11H2/t15-,19-,20+,21-/m0/s1. The van der Waals surface area contributed by atoms with E-state index in [1.165, 1.54) is 30.3 Å². The van der Waals surface area contributed by atoms with Crippen molar-refractivity contribution in [1.82, 2.24) is 0 Å². The summed E-state index contributed by atoms with van der Waals surface area (Å²) in [5, 5.41) is 39.9. The van der Waals surface area contributed by atoms with Gasteiger partial charge in [-0.3, -0.25) is 10.1 Å². The van der Waals surface area contributed by atoms with E-state index >= 15 is 0 Å². The van der Waals surface area contributed by atoms with Gasteiger partial charge in [-0.25, -0.2) is 0 Å². The van der Waals surface area contributed by atoms with E-state index in [2.05, 4.69) is 0 Å². The van der Waals surface area contributed by atoms with Crippen LogP contribution in [0.5, 0.6) is 23.0 Å². The van der Waals surface area contributed by atoms with E-state index in [9.17, 15) is 20.3 Å². The third-order valence-corrected chi connectivity index (χ3v) is 5.83. The molecule has 10 nitrogen and oxygen atoms in total. The molecule has 10 heteroatoms. The molecule has 31 heavy (non-hydrogen) atoms. The Morgan fingerprint density at radius 3 is 2.52 bits per heavy atom. The summed E-state index contributed by atoms with van der Waals surface area (Å²) in [7, 11) is 0. The minimum absolute atomic E-state index is 0.155. The maximum absolute atomic E-state index is 10.9. The number of hydrogen-bond donors (Lipinski definition) is 2. The Labute approximate surface area is 176 Å². The maximum atomic E-state index is 10.9. The van der Waals surface area contributed by atoms with Crippen LogP contribution in [0.25, 0.3) is 0 Å². The molecule has 1 aliphatic carbocycles. The molecule has 4 aliphatic rings. The quantitative estimate of drug-likeness (QED) is 0.544. The summed E-state index contributed by atoms with van der Waals surface area (Å²) in [5.74, 6) is -1.09. The molecular formula is C21H18N2O8. The molecular weight excluding hydrogens is 408 g/mol. The lowest BCUT2D eigenvalue weighted by Crippen LogP contribution is -2.68. The average molecular weight is 426 g/mol. The average Bonchev–Trinajstić information content (AvgIpc) is 2.66. The minimum Gasteiger partial charge on any atom is -0.506 e. The van der Waals surface area contributed by atoms with E-state index in [0.717, 1.165) is 0 Å². The first-order valence-corrected chi connectivity index (χ1v) is 9.71. The van der Waals surface area contributed by atoms with Crippen molar-refractivity contribution in [2.24, 2.45) is 0 Å².